The van der Waals surface area contributed by atoms with Crippen LogP contribution in [-0.2, 0) is 26.0 Å². The Kier molecular flexibility index (Phi) is 6.09. The van der Waals surface area contributed by atoms with Gasteiger partial charge in [-0.25, -0.2) is 13.1 Å². The van der Waals surface area contributed by atoms with Gasteiger partial charge in [-0.1, -0.05) is 12.1 Å². The number of carbonyl (C=O) groups excluding carboxylic acids is 2. The highest BCUT2D eigenvalue weighted by Gasteiger charge is 2.39. The molecule has 2 amide bonds. The molecule has 1 saturated carbocycles. The van der Waals surface area contributed by atoms with Gasteiger partial charge in [0.05, 0.1) is 4.90 Å². The maximum Gasteiger partial charge on any atom is 0.240 e. The molecule has 1 fully saturated rings. The summed E-state index contributed by atoms with van der Waals surface area (Å²) in [6, 6.07) is 10.6. The fourth-order valence-corrected chi connectivity index (χ4v) is 5.20. The molecule has 4 rings (SSSR count). The van der Waals surface area contributed by atoms with Crippen molar-refractivity contribution in [2.75, 3.05) is 16.8 Å². The van der Waals surface area contributed by atoms with Crippen LogP contribution in [0.1, 0.15) is 42.9 Å². The Balaban J connectivity index is 1.38. The molecule has 0 saturated heterocycles. The minimum Gasteiger partial charge on any atom is -0.326 e. The molecule has 1 aliphatic carbocycles. The smallest absolute Gasteiger partial charge is 0.240 e. The van der Waals surface area contributed by atoms with Crippen molar-refractivity contribution in [3.63, 3.8) is 0 Å². The van der Waals surface area contributed by atoms with Crippen molar-refractivity contribution in [1.82, 2.24) is 4.72 Å². The summed E-state index contributed by atoms with van der Waals surface area (Å²) in [7, 11) is -3.76. The highest BCUT2D eigenvalue weighted by atomic mass is 32.2. The average molecular weight is 456 g/mol. The molecule has 1 heterocycles. The molecular formula is C24H29N3O4S. The Morgan fingerprint density at radius 2 is 1.88 bits per heavy atom. The number of benzene rings is 2. The van der Waals surface area contributed by atoms with Crippen LogP contribution in [0, 0.1) is 19.8 Å². The van der Waals surface area contributed by atoms with E-state index in [1.165, 1.54) is 6.07 Å². The van der Waals surface area contributed by atoms with E-state index < -0.39 is 10.0 Å². The van der Waals surface area contributed by atoms with Crippen molar-refractivity contribution in [1.29, 1.82) is 0 Å². The van der Waals surface area contributed by atoms with Crippen LogP contribution in [0.4, 0.5) is 11.4 Å². The normalized spacial score (nSPS) is 17.8. The van der Waals surface area contributed by atoms with Gasteiger partial charge < -0.3 is 10.2 Å². The number of amides is 2. The zero-order chi connectivity index (χ0) is 23.0. The third-order valence-corrected chi connectivity index (χ3v) is 7.72. The number of nitrogens with zero attached hydrogens (tertiary/aromatic N) is 1. The molecule has 2 aromatic rings. The van der Waals surface area contributed by atoms with E-state index in [2.05, 4.69) is 10.0 Å². The molecule has 0 radical (unpaired) electrons. The van der Waals surface area contributed by atoms with E-state index in [1.807, 2.05) is 43.9 Å². The molecule has 1 unspecified atom stereocenters. The molecular weight excluding hydrogens is 426 g/mol. The molecule has 32 heavy (non-hydrogen) atoms. The van der Waals surface area contributed by atoms with E-state index in [0.717, 1.165) is 40.9 Å². The van der Waals surface area contributed by atoms with Gasteiger partial charge in [-0.3, -0.25) is 9.59 Å². The molecule has 8 heteroatoms. The van der Waals surface area contributed by atoms with E-state index in [-0.39, 0.29) is 41.6 Å². The standard InChI is InChI=1S/C24H29N3O4S/c1-15-5-4-6-21(17(15)3)26-23(28)11-12-25-32(30,31)20-9-10-22-19(14-20)13-16(2)27(22)24(29)18-7-8-18/h4-6,9-10,14,16,18,25H,7-8,11-13H2,1-3H3,(H,26,28). The Labute approximate surface area is 189 Å². The topological polar surface area (TPSA) is 95.6 Å². The van der Waals surface area contributed by atoms with E-state index >= 15 is 0 Å². The fraction of sp³-hybridized carbons (Fsp3) is 0.417. The SMILES string of the molecule is Cc1cccc(NC(=O)CCNS(=O)(=O)c2ccc3c(c2)CC(C)N3C(=O)C2CC2)c1C. The fourth-order valence-electron chi connectivity index (χ4n) is 4.12. The Hall–Kier alpha value is -2.71. The number of fused-ring (bicyclic) bond motifs is 1. The Morgan fingerprint density at radius 3 is 2.59 bits per heavy atom. The van der Waals surface area contributed by atoms with E-state index in [4.69, 9.17) is 0 Å². The zero-order valence-corrected chi connectivity index (χ0v) is 19.5. The summed E-state index contributed by atoms with van der Waals surface area (Å²) in [4.78, 5) is 26.8. The van der Waals surface area contributed by atoms with Crippen LogP contribution < -0.4 is 14.9 Å². The maximum absolute atomic E-state index is 12.8. The van der Waals surface area contributed by atoms with Gasteiger partial charge >= 0.3 is 0 Å². The van der Waals surface area contributed by atoms with Crippen molar-refractivity contribution in [3.05, 3.63) is 53.1 Å². The van der Waals surface area contributed by atoms with Gasteiger partial charge in [-0.2, -0.15) is 0 Å². The van der Waals surface area contributed by atoms with Crippen molar-refractivity contribution < 1.29 is 18.0 Å². The number of anilines is 2. The first-order chi connectivity index (χ1) is 15.2. The molecule has 2 aromatic carbocycles. The van der Waals surface area contributed by atoms with Gasteiger partial charge in [0.15, 0.2) is 0 Å². The monoisotopic (exact) mass is 455 g/mol. The lowest BCUT2D eigenvalue weighted by Gasteiger charge is -2.22. The van der Waals surface area contributed by atoms with Crippen molar-refractivity contribution >= 4 is 33.2 Å². The van der Waals surface area contributed by atoms with Crippen molar-refractivity contribution in [2.24, 2.45) is 5.92 Å². The number of carbonyl (C=O) groups is 2. The second-order valence-corrected chi connectivity index (χ2v) is 10.5. The van der Waals surface area contributed by atoms with Crippen LogP contribution in [0.15, 0.2) is 41.3 Å². The maximum atomic E-state index is 12.8. The zero-order valence-electron chi connectivity index (χ0n) is 18.6. The minimum atomic E-state index is -3.76. The third-order valence-electron chi connectivity index (χ3n) is 6.26. The number of rotatable bonds is 7. The number of aryl methyl sites for hydroxylation is 1. The number of sulfonamides is 1. The lowest BCUT2D eigenvalue weighted by atomic mass is 10.1. The van der Waals surface area contributed by atoms with Crippen LogP contribution in [0.3, 0.4) is 0 Å². The Morgan fingerprint density at radius 1 is 1.12 bits per heavy atom. The lowest BCUT2D eigenvalue weighted by Crippen LogP contribution is -2.36. The highest BCUT2D eigenvalue weighted by molar-refractivity contribution is 7.89. The summed E-state index contributed by atoms with van der Waals surface area (Å²) in [6.07, 6.45) is 2.53. The van der Waals surface area contributed by atoms with Gasteiger partial charge in [0, 0.05) is 36.3 Å². The molecule has 170 valence electrons. The second kappa shape index (κ2) is 8.67. The quantitative estimate of drug-likeness (QED) is 0.670. The van der Waals surface area contributed by atoms with Gasteiger partial charge in [0.1, 0.15) is 0 Å². The molecule has 0 aromatic heterocycles. The van der Waals surface area contributed by atoms with Crippen LogP contribution in [0.5, 0.6) is 0 Å². The molecule has 2 N–H and O–H groups in total. The number of hydrogen-bond acceptors (Lipinski definition) is 4. The Bertz CT molecular complexity index is 1170. The summed E-state index contributed by atoms with van der Waals surface area (Å²) in [5.74, 6) is 0.00135. The second-order valence-electron chi connectivity index (χ2n) is 8.77. The first-order valence-corrected chi connectivity index (χ1v) is 12.5. The molecule has 1 atom stereocenters. The van der Waals surface area contributed by atoms with Crippen LogP contribution >= 0.6 is 0 Å². The van der Waals surface area contributed by atoms with E-state index in [9.17, 15) is 18.0 Å². The van der Waals surface area contributed by atoms with Crippen LogP contribution in [0.2, 0.25) is 0 Å². The van der Waals surface area contributed by atoms with Gasteiger partial charge in [0.2, 0.25) is 21.8 Å². The molecule has 1 aliphatic heterocycles. The number of hydrogen-bond donors (Lipinski definition) is 2. The summed E-state index contributed by atoms with van der Waals surface area (Å²) in [5, 5.41) is 2.83. The van der Waals surface area contributed by atoms with E-state index in [1.54, 1.807) is 12.1 Å². The van der Waals surface area contributed by atoms with Crippen LogP contribution in [0.25, 0.3) is 0 Å². The van der Waals surface area contributed by atoms with Crippen LogP contribution in [-0.4, -0.2) is 32.8 Å². The highest BCUT2D eigenvalue weighted by Crippen LogP contribution is 2.39. The minimum absolute atomic E-state index is 0.00118. The first kappa shape index (κ1) is 22.5. The average Bonchev–Trinajstić information content (AvgIpc) is 3.53. The van der Waals surface area contributed by atoms with Crippen molar-refractivity contribution in [3.8, 4) is 0 Å². The summed E-state index contributed by atoms with van der Waals surface area (Å²) >= 11 is 0. The molecule has 0 bridgehead atoms. The molecule has 0 spiro atoms. The van der Waals surface area contributed by atoms with Gasteiger partial charge in [-0.15, -0.1) is 0 Å². The molecule has 7 nitrogen and oxygen atoms in total. The summed E-state index contributed by atoms with van der Waals surface area (Å²) in [6.45, 7) is 5.89. The van der Waals surface area contributed by atoms with Crippen molar-refractivity contribution in [2.45, 2.75) is 57.4 Å². The van der Waals surface area contributed by atoms with Gasteiger partial charge in [0.25, 0.3) is 0 Å². The van der Waals surface area contributed by atoms with Gasteiger partial charge in [-0.05, 0) is 81.0 Å². The largest absolute Gasteiger partial charge is 0.326 e. The predicted molar refractivity (Wildman–Crippen MR) is 124 cm³/mol. The third kappa shape index (κ3) is 4.56. The predicted octanol–water partition coefficient (Wildman–Crippen LogP) is 3.30. The summed E-state index contributed by atoms with van der Waals surface area (Å²) in [5.41, 5.74) is 4.47. The lowest BCUT2D eigenvalue weighted by molar-refractivity contribution is -0.120. The first-order valence-electron chi connectivity index (χ1n) is 11.0. The number of nitrogens with one attached hydrogen (secondary N) is 2. The molecule has 2 aliphatic rings. The summed E-state index contributed by atoms with van der Waals surface area (Å²) < 4.78 is 28.0. The van der Waals surface area contributed by atoms with E-state index in [0.29, 0.717) is 6.42 Å².